The van der Waals surface area contributed by atoms with Gasteiger partial charge in [-0.25, -0.2) is 13.1 Å². The molecule has 0 N–H and O–H groups in total. The maximum Gasteiger partial charge on any atom is 0.280 e. The van der Waals surface area contributed by atoms with Gasteiger partial charge < -0.3 is 0 Å². The third-order valence-corrected chi connectivity index (χ3v) is 11.7. The summed E-state index contributed by atoms with van der Waals surface area (Å²) in [6.45, 7) is 5.17. The number of hydrogen-bond acceptors (Lipinski definition) is 6. The maximum absolute atomic E-state index is 14.1. The Morgan fingerprint density at radius 3 is 2.33 bits per heavy atom. The second kappa shape index (κ2) is 14.0. The molecule has 49 heavy (non-hydrogen) atoms. The topological polar surface area (TPSA) is 87.9 Å². The van der Waals surface area contributed by atoms with Crippen molar-refractivity contribution in [2.24, 2.45) is 11.0 Å². The molecule has 0 bridgehead atoms. The standard InChI is InChI=1S/C39H37N5O3S2/c1-28-18-20-34(21-19-28)48-27-37-36(39(45)44(40-37)33-15-7-4-8-16-33)24-31-26-43(32-13-5-3-6-14-32)41-38(31)30-12-9-17-35(23-30)49(46,47)42-22-10-11-29(2)25-42/h3-9,12-21,23-24,26,29H,10-11,22,25,27H2,1-2H3. The maximum atomic E-state index is 14.1. The van der Waals surface area contributed by atoms with Crippen molar-refractivity contribution in [1.29, 1.82) is 0 Å². The van der Waals surface area contributed by atoms with Gasteiger partial charge >= 0.3 is 0 Å². The van der Waals surface area contributed by atoms with Gasteiger partial charge in [-0.1, -0.05) is 73.2 Å². The molecule has 4 aromatic carbocycles. The summed E-state index contributed by atoms with van der Waals surface area (Å²) in [5, 5.41) is 11.2. The van der Waals surface area contributed by atoms with E-state index in [1.807, 2.05) is 79.0 Å². The number of hydrogen-bond donors (Lipinski definition) is 0. The molecule has 2 aliphatic rings. The minimum atomic E-state index is -3.70. The van der Waals surface area contributed by atoms with E-state index < -0.39 is 10.0 Å². The van der Waals surface area contributed by atoms with Gasteiger partial charge in [0.2, 0.25) is 10.0 Å². The Bertz CT molecular complexity index is 2140. The third-order valence-electron chi connectivity index (χ3n) is 8.78. The summed E-state index contributed by atoms with van der Waals surface area (Å²) in [7, 11) is -3.70. The van der Waals surface area contributed by atoms with Crippen LogP contribution < -0.4 is 5.01 Å². The second-order valence-electron chi connectivity index (χ2n) is 12.5. The van der Waals surface area contributed by atoms with E-state index in [0.717, 1.165) is 23.4 Å². The molecular weight excluding hydrogens is 651 g/mol. The van der Waals surface area contributed by atoms with Gasteiger partial charge in [0.15, 0.2) is 0 Å². The van der Waals surface area contributed by atoms with Crippen molar-refractivity contribution in [3.8, 4) is 16.9 Å². The number of nitrogens with zero attached hydrogens (tertiary/aromatic N) is 5. The lowest BCUT2D eigenvalue weighted by molar-refractivity contribution is -0.114. The highest BCUT2D eigenvalue weighted by atomic mass is 32.2. The zero-order chi connectivity index (χ0) is 34.0. The zero-order valence-corrected chi connectivity index (χ0v) is 29.1. The van der Waals surface area contributed by atoms with Gasteiger partial charge in [0.1, 0.15) is 5.69 Å². The Morgan fingerprint density at radius 1 is 0.898 bits per heavy atom. The molecule has 2 aliphatic heterocycles. The van der Waals surface area contributed by atoms with Crippen LogP contribution in [0.5, 0.6) is 0 Å². The molecule has 7 rings (SSSR count). The van der Waals surface area contributed by atoms with E-state index in [1.54, 1.807) is 38.9 Å². The van der Waals surface area contributed by atoms with Crippen molar-refractivity contribution in [2.75, 3.05) is 23.9 Å². The normalized spacial score (nSPS) is 17.9. The van der Waals surface area contributed by atoms with Gasteiger partial charge in [-0.2, -0.15) is 19.5 Å². The van der Waals surface area contributed by atoms with E-state index in [1.165, 1.54) is 10.6 Å². The Kier molecular flexibility index (Phi) is 9.35. The minimum Gasteiger partial charge on any atom is -0.267 e. The number of carbonyl (C=O) groups excluding carboxylic acids is 1. The average Bonchev–Trinajstić information content (AvgIpc) is 3.69. The summed E-state index contributed by atoms with van der Waals surface area (Å²) in [5.41, 5.74) is 5.69. The molecule has 0 radical (unpaired) electrons. The Morgan fingerprint density at radius 2 is 1.61 bits per heavy atom. The highest BCUT2D eigenvalue weighted by Gasteiger charge is 2.32. The van der Waals surface area contributed by atoms with Crippen LogP contribution in [0.15, 0.2) is 136 Å². The molecule has 1 saturated heterocycles. The lowest BCUT2D eigenvalue weighted by Gasteiger charge is -2.30. The van der Waals surface area contributed by atoms with E-state index in [2.05, 4.69) is 38.1 Å². The average molecular weight is 688 g/mol. The van der Waals surface area contributed by atoms with E-state index >= 15 is 0 Å². The quantitative estimate of drug-likeness (QED) is 0.116. The van der Waals surface area contributed by atoms with Crippen molar-refractivity contribution >= 4 is 45.2 Å². The first-order chi connectivity index (χ1) is 23.8. The van der Waals surface area contributed by atoms with Crippen molar-refractivity contribution < 1.29 is 13.2 Å². The molecule has 10 heteroatoms. The van der Waals surface area contributed by atoms with E-state index in [0.29, 0.717) is 58.6 Å². The van der Waals surface area contributed by atoms with Gasteiger partial charge in [-0.15, -0.1) is 11.8 Å². The summed E-state index contributed by atoms with van der Waals surface area (Å²) >= 11 is 1.62. The third kappa shape index (κ3) is 7.03. The number of hydrazone groups is 1. The van der Waals surface area contributed by atoms with Crippen LogP contribution >= 0.6 is 11.8 Å². The predicted octanol–water partition coefficient (Wildman–Crippen LogP) is 7.85. The van der Waals surface area contributed by atoms with Crippen LogP contribution in [-0.2, 0) is 14.8 Å². The van der Waals surface area contributed by atoms with Crippen molar-refractivity contribution in [1.82, 2.24) is 14.1 Å². The Balaban J connectivity index is 1.31. The fraction of sp³-hybridized carbons (Fsp3) is 0.205. The second-order valence-corrected chi connectivity index (χ2v) is 15.5. The molecule has 8 nitrogen and oxygen atoms in total. The largest absolute Gasteiger partial charge is 0.280 e. The van der Waals surface area contributed by atoms with Crippen LogP contribution in [0, 0.1) is 12.8 Å². The summed E-state index contributed by atoms with van der Waals surface area (Å²) in [6, 6.07) is 34.4. The van der Waals surface area contributed by atoms with Crippen LogP contribution in [0.1, 0.15) is 30.9 Å². The molecule has 5 aromatic rings. The van der Waals surface area contributed by atoms with Crippen molar-refractivity contribution in [3.63, 3.8) is 0 Å². The molecular formula is C39H37N5O3S2. The van der Waals surface area contributed by atoms with Crippen molar-refractivity contribution in [3.05, 3.63) is 132 Å². The Labute approximate surface area is 291 Å². The van der Waals surface area contributed by atoms with Gasteiger partial charge in [0.25, 0.3) is 5.91 Å². The number of piperidine rings is 1. The highest BCUT2D eigenvalue weighted by Crippen LogP contribution is 2.33. The summed E-state index contributed by atoms with van der Waals surface area (Å²) < 4.78 is 30.9. The highest BCUT2D eigenvalue weighted by molar-refractivity contribution is 8.00. The Hall–Kier alpha value is -4.77. The number of benzene rings is 4. The number of sulfonamides is 1. The molecule has 248 valence electrons. The fourth-order valence-corrected chi connectivity index (χ4v) is 8.63. The van der Waals surface area contributed by atoms with Gasteiger partial charge in [0.05, 0.1) is 27.6 Å². The first-order valence-corrected chi connectivity index (χ1v) is 18.8. The van der Waals surface area contributed by atoms with Gasteiger partial charge in [-0.05, 0) is 80.3 Å². The van der Waals surface area contributed by atoms with Crippen LogP contribution in [0.3, 0.4) is 0 Å². The van der Waals surface area contributed by atoms with E-state index in [9.17, 15) is 13.2 Å². The molecule has 1 aromatic heterocycles. The lowest BCUT2D eigenvalue weighted by atomic mass is 10.0. The van der Waals surface area contributed by atoms with E-state index in [4.69, 9.17) is 10.2 Å². The molecule has 3 heterocycles. The van der Waals surface area contributed by atoms with Crippen LogP contribution in [0.4, 0.5) is 5.69 Å². The number of carbonyl (C=O) groups is 1. The number of aryl methyl sites for hydroxylation is 1. The number of amides is 1. The summed E-state index contributed by atoms with van der Waals surface area (Å²) in [5.74, 6) is 0.555. The number of para-hydroxylation sites is 2. The molecule has 0 saturated carbocycles. The number of aromatic nitrogens is 2. The minimum absolute atomic E-state index is 0.232. The van der Waals surface area contributed by atoms with Crippen LogP contribution in [-0.4, -0.2) is 53.0 Å². The van der Waals surface area contributed by atoms with Gasteiger partial charge in [0, 0.05) is 41.1 Å². The van der Waals surface area contributed by atoms with Gasteiger partial charge in [-0.3, -0.25) is 4.79 Å². The number of thioether (sulfide) groups is 1. The molecule has 0 aliphatic carbocycles. The summed E-state index contributed by atoms with van der Waals surface area (Å²) in [4.78, 5) is 15.4. The number of rotatable bonds is 9. The number of anilines is 1. The smallest absolute Gasteiger partial charge is 0.267 e. The first-order valence-electron chi connectivity index (χ1n) is 16.4. The zero-order valence-electron chi connectivity index (χ0n) is 27.4. The molecule has 0 spiro atoms. The molecule has 1 fully saturated rings. The first kappa shape index (κ1) is 32.8. The molecule has 1 amide bonds. The van der Waals surface area contributed by atoms with Crippen LogP contribution in [0.2, 0.25) is 0 Å². The molecule has 1 unspecified atom stereocenters. The van der Waals surface area contributed by atoms with E-state index in [-0.39, 0.29) is 10.8 Å². The summed E-state index contributed by atoms with van der Waals surface area (Å²) in [6.07, 6.45) is 5.60. The monoisotopic (exact) mass is 687 g/mol. The van der Waals surface area contributed by atoms with Crippen molar-refractivity contribution in [2.45, 2.75) is 36.5 Å². The lowest BCUT2D eigenvalue weighted by Crippen LogP contribution is -2.39. The predicted molar refractivity (Wildman–Crippen MR) is 197 cm³/mol. The fourth-order valence-electron chi connectivity index (χ4n) is 6.14. The SMILES string of the molecule is Cc1ccc(SCC2=NN(c3ccccc3)C(=O)C2=Cc2cn(-c3ccccc3)nc2-c2cccc(S(=O)(=O)N3CCCC(C)C3)c2)cc1. The molecule has 1 atom stereocenters. The van der Waals surface area contributed by atoms with Crippen LogP contribution in [0.25, 0.3) is 23.0 Å².